The van der Waals surface area contributed by atoms with Crippen LogP contribution in [0.2, 0.25) is 0 Å². The van der Waals surface area contributed by atoms with Crippen molar-refractivity contribution in [3.63, 3.8) is 0 Å². The van der Waals surface area contributed by atoms with Crippen LogP contribution in [0.25, 0.3) is 0 Å². The largest absolute Gasteiger partial charge is 0.312 e. The summed E-state index contributed by atoms with van der Waals surface area (Å²) < 4.78 is 0. The fourth-order valence-electron chi connectivity index (χ4n) is 3.15. The molecule has 0 amide bonds. The Morgan fingerprint density at radius 3 is 2.47 bits per heavy atom. The molecule has 1 fully saturated rings. The SMILES string of the molecule is CNC(c1cncc(C)c1)C1(c2ccccc2)CC1. The number of pyridine rings is 1. The van der Waals surface area contributed by atoms with Gasteiger partial charge in [-0.3, -0.25) is 4.98 Å². The second kappa shape index (κ2) is 4.78. The molecule has 2 aromatic rings. The third kappa shape index (κ3) is 2.17. The average Bonchev–Trinajstić information content (AvgIpc) is 3.22. The first kappa shape index (κ1) is 12.4. The summed E-state index contributed by atoms with van der Waals surface area (Å²) in [5.74, 6) is 0. The van der Waals surface area contributed by atoms with E-state index < -0.39 is 0 Å². The molecule has 2 nitrogen and oxygen atoms in total. The van der Waals surface area contributed by atoms with Gasteiger partial charge in [0.15, 0.2) is 0 Å². The maximum absolute atomic E-state index is 4.35. The van der Waals surface area contributed by atoms with Gasteiger partial charge in [-0.05, 0) is 43.5 Å². The Morgan fingerprint density at radius 2 is 1.89 bits per heavy atom. The Hall–Kier alpha value is -1.67. The molecule has 0 radical (unpaired) electrons. The van der Waals surface area contributed by atoms with Crippen molar-refractivity contribution in [2.75, 3.05) is 7.05 Å². The van der Waals surface area contributed by atoms with E-state index in [-0.39, 0.29) is 5.41 Å². The van der Waals surface area contributed by atoms with Gasteiger partial charge >= 0.3 is 0 Å². The summed E-state index contributed by atoms with van der Waals surface area (Å²) >= 11 is 0. The lowest BCUT2D eigenvalue weighted by atomic mass is 9.84. The van der Waals surface area contributed by atoms with E-state index in [1.807, 2.05) is 12.4 Å². The van der Waals surface area contributed by atoms with Gasteiger partial charge in [0.25, 0.3) is 0 Å². The summed E-state index contributed by atoms with van der Waals surface area (Å²) in [5, 5.41) is 3.51. The summed E-state index contributed by atoms with van der Waals surface area (Å²) in [6, 6.07) is 13.5. The number of nitrogens with zero attached hydrogens (tertiary/aromatic N) is 1. The Labute approximate surface area is 114 Å². The van der Waals surface area contributed by atoms with Crippen molar-refractivity contribution in [2.24, 2.45) is 0 Å². The van der Waals surface area contributed by atoms with E-state index in [0.29, 0.717) is 6.04 Å². The van der Waals surface area contributed by atoms with Gasteiger partial charge in [0.05, 0.1) is 0 Å². The minimum Gasteiger partial charge on any atom is -0.312 e. The molecule has 98 valence electrons. The molecule has 3 rings (SSSR count). The molecule has 1 aromatic heterocycles. The second-order valence-electron chi connectivity index (χ2n) is 5.54. The Kier molecular flexibility index (Phi) is 3.11. The van der Waals surface area contributed by atoms with Crippen molar-refractivity contribution in [1.29, 1.82) is 0 Å². The van der Waals surface area contributed by atoms with Crippen molar-refractivity contribution in [1.82, 2.24) is 10.3 Å². The highest BCUT2D eigenvalue weighted by atomic mass is 14.9. The van der Waals surface area contributed by atoms with Crippen molar-refractivity contribution in [2.45, 2.75) is 31.2 Å². The van der Waals surface area contributed by atoms with Gasteiger partial charge in [0.1, 0.15) is 0 Å². The van der Waals surface area contributed by atoms with Crippen LogP contribution >= 0.6 is 0 Å². The summed E-state index contributed by atoms with van der Waals surface area (Å²) in [7, 11) is 2.05. The molecule has 1 aliphatic carbocycles. The van der Waals surface area contributed by atoms with Gasteiger partial charge in [-0.15, -0.1) is 0 Å². The maximum atomic E-state index is 4.35. The highest BCUT2D eigenvalue weighted by Crippen LogP contribution is 2.56. The zero-order valence-corrected chi connectivity index (χ0v) is 11.6. The molecule has 1 aliphatic rings. The number of likely N-dealkylation sites (N-methyl/N-ethyl adjacent to an activating group) is 1. The molecule has 2 heteroatoms. The van der Waals surface area contributed by atoms with Gasteiger partial charge in [-0.1, -0.05) is 36.4 Å². The molecule has 1 heterocycles. The van der Waals surface area contributed by atoms with Gasteiger partial charge in [-0.2, -0.15) is 0 Å². The number of aryl methyl sites for hydroxylation is 1. The van der Waals surface area contributed by atoms with E-state index >= 15 is 0 Å². The summed E-state index contributed by atoms with van der Waals surface area (Å²) in [6.45, 7) is 2.10. The van der Waals surface area contributed by atoms with Crippen LogP contribution in [0, 0.1) is 6.92 Å². The van der Waals surface area contributed by atoms with Crippen molar-refractivity contribution in [3.8, 4) is 0 Å². The molecule has 1 saturated carbocycles. The number of aromatic nitrogens is 1. The first-order valence-electron chi connectivity index (χ1n) is 6.90. The molecule has 1 aromatic carbocycles. The highest BCUT2D eigenvalue weighted by molar-refractivity contribution is 5.38. The molecule has 0 bridgehead atoms. The van der Waals surface area contributed by atoms with E-state index in [1.165, 1.54) is 29.5 Å². The monoisotopic (exact) mass is 252 g/mol. The van der Waals surface area contributed by atoms with Crippen molar-refractivity contribution >= 4 is 0 Å². The number of rotatable bonds is 4. The van der Waals surface area contributed by atoms with E-state index in [2.05, 4.69) is 60.7 Å². The molecular weight excluding hydrogens is 232 g/mol. The van der Waals surface area contributed by atoms with Gasteiger partial charge in [0, 0.05) is 23.9 Å². The Balaban J connectivity index is 1.99. The fourth-order valence-corrected chi connectivity index (χ4v) is 3.15. The molecular formula is C17H20N2. The lowest BCUT2D eigenvalue weighted by Crippen LogP contribution is -2.29. The van der Waals surface area contributed by atoms with Gasteiger partial charge < -0.3 is 5.32 Å². The van der Waals surface area contributed by atoms with E-state index in [9.17, 15) is 0 Å². The van der Waals surface area contributed by atoms with E-state index in [4.69, 9.17) is 0 Å². The number of hydrogen-bond acceptors (Lipinski definition) is 2. The average molecular weight is 252 g/mol. The van der Waals surface area contributed by atoms with Gasteiger partial charge in [-0.25, -0.2) is 0 Å². The topological polar surface area (TPSA) is 24.9 Å². The molecule has 1 unspecified atom stereocenters. The Bertz CT molecular complexity index is 558. The quantitative estimate of drug-likeness (QED) is 0.902. The highest BCUT2D eigenvalue weighted by Gasteiger charge is 2.50. The molecule has 0 aliphatic heterocycles. The smallest absolute Gasteiger partial charge is 0.0431 e. The first-order chi connectivity index (χ1) is 9.26. The third-order valence-electron chi connectivity index (χ3n) is 4.21. The van der Waals surface area contributed by atoms with Crippen LogP contribution in [0.4, 0.5) is 0 Å². The second-order valence-corrected chi connectivity index (χ2v) is 5.54. The third-order valence-corrected chi connectivity index (χ3v) is 4.21. The molecule has 0 spiro atoms. The molecule has 19 heavy (non-hydrogen) atoms. The lowest BCUT2D eigenvalue weighted by Gasteiger charge is -2.27. The predicted molar refractivity (Wildman–Crippen MR) is 78.1 cm³/mol. The zero-order valence-electron chi connectivity index (χ0n) is 11.6. The minimum absolute atomic E-state index is 0.255. The van der Waals surface area contributed by atoms with Gasteiger partial charge in [0.2, 0.25) is 0 Å². The molecule has 0 saturated heterocycles. The van der Waals surface area contributed by atoms with Crippen LogP contribution in [0.15, 0.2) is 48.8 Å². The van der Waals surface area contributed by atoms with E-state index in [1.54, 1.807) is 0 Å². The maximum Gasteiger partial charge on any atom is 0.0431 e. The summed E-state index contributed by atoms with van der Waals surface area (Å²) in [4.78, 5) is 4.35. The number of nitrogens with one attached hydrogen (secondary N) is 1. The first-order valence-corrected chi connectivity index (χ1v) is 6.90. The van der Waals surface area contributed by atoms with Crippen LogP contribution in [-0.4, -0.2) is 12.0 Å². The number of benzene rings is 1. The lowest BCUT2D eigenvalue weighted by molar-refractivity contribution is 0.462. The minimum atomic E-state index is 0.255. The van der Waals surface area contributed by atoms with E-state index in [0.717, 1.165) is 0 Å². The standard InChI is InChI=1S/C17H20N2/c1-13-10-14(12-19-11-13)16(18-2)17(8-9-17)15-6-4-3-5-7-15/h3-7,10-12,16,18H,8-9H2,1-2H3. The zero-order chi connectivity index (χ0) is 13.3. The van der Waals surface area contributed by atoms with Crippen molar-refractivity contribution in [3.05, 3.63) is 65.5 Å². The Morgan fingerprint density at radius 1 is 1.16 bits per heavy atom. The van der Waals surface area contributed by atoms with Crippen LogP contribution in [0.3, 0.4) is 0 Å². The molecule has 1 N–H and O–H groups in total. The normalized spacial score (nSPS) is 18.0. The van der Waals surface area contributed by atoms with Crippen LogP contribution in [0.5, 0.6) is 0 Å². The number of hydrogen-bond donors (Lipinski definition) is 1. The van der Waals surface area contributed by atoms with Crippen LogP contribution in [-0.2, 0) is 5.41 Å². The van der Waals surface area contributed by atoms with Crippen LogP contribution in [0.1, 0.15) is 35.6 Å². The van der Waals surface area contributed by atoms with Crippen molar-refractivity contribution < 1.29 is 0 Å². The summed E-state index contributed by atoms with van der Waals surface area (Å²) in [5.41, 5.74) is 4.21. The van der Waals surface area contributed by atoms with Crippen LogP contribution < -0.4 is 5.32 Å². The predicted octanol–water partition coefficient (Wildman–Crippen LogP) is 3.38. The summed E-state index contributed by atoms with van der Waals surface area (Å²) in [6.07, 6.45) is 6.41. The fraction of sp³-hybridized carbons (Fsp3) is 0.353. The molecule has 1 atom stereocenters.